The first-order chi connectivity index (χ1) is 10.6. The van der Waals surface area contributed by atoms with Crippen LogP contribution in [0.1, 0.15) is 20.8 Å². The molecule has 1 aromatic rings. The number of carboxylic acids is 1. The highest BCUT2D eigenvalue weighted by Gasteiger charge is 2.24. The third-order valence-corrected chi connectivity index (χ3v) is 2.59. The Morgan fingerprint density at radius 2 is 1.96 bits per heavy atom. The quantitative estimate of drug-likeness (QED) is 0.538. The standard InChI is InChI=1S/C14H19N3O6/c1-14(2,3)23-13(20)16-10(12(18)19)8-15-9-6-4-5-7-11(9)17(21)22/h4-7,10,15H,8H2,1-3H3,(H,16,20)(H,18,19)/t10-/m0/s1. The zero-order valence-electron chi connectivity index (χ0n) is 13.0. The fourth-order valence-electron chi connectivity index (χ4n) is 1.64. The van der Waals surface area contributed by atoms with E-state index in [4.69, 9.17) is 9.84 Å². The zero-order chi connectivity index (χ0) is 17.6. The van der Waals surface area contributed by atoms with Gasteiger partial charge in [0.2, 0.25) is 0 Å². The number of ether oxygens (including phenoxy) is 1. The Bertz CT molecular complexity index is 596. The van der Waals surface area contributed by atoms with E-state index < -0.39 is 28.6 Å². The summed E-state index contributed by atoms with van der Waals surface area (Å²) in [6.45, 7) is 4.70. The molecule has 23 heavy (non-hydrogen) atoms. The van der Waals surface area contributed by atoms with Gasteiger partial charge in [0.05, 0.1) is 4.92 Å². The summed E-state index contributed by atoms with van der Waals surface area (Å²) in [5, 5.41) is 24.9. The van der Waals surface area contributed by atoms with Crippen LogP contribution in [0.4, 0.5) is 16.2 Å². The SMILES string of the molecule is CC(C)(C)OC(=O)N[C@@H](CNc1ccccc1[N+](=O)[O-])C(=O)O. The minimum absolute atomic E-state index is 0.162. The monoisotopic (exact) mass is 325 g/mol. The lowest BCUT2D eigenvalue weighted by Gasteiger charge is -2.22. The summed E-state index contributed by atoms with van der Waals surface area (Å²) in [5.74, 6) is -1.29. The van der Waals surface area contributed by atoms with Crippen LogP contribution in [0, 0.1) is 10.1 Å². The first-order valence-electron chi connectivity index (χ1n) is 6.80. The van der Waals surface area contributed by atoms with Crippen molar-refractivity contribution < 1.29 is 24.4 Å². The summed E-state index contributed by atoms with van der Waals surface area (Å²) in [5.41, 5.74) is -0.789. The van der Waals surface area contributed by atoms with E-state index in [9.17, 15) is 19.7 Å². The zero-order valence-corrected chi connectivity index (χ0v) is 13.0. The number of rotatable bonds is 6. The summed E-state index contributed by atoms with van der Waals surface area (Å²) >= 11 is 0. The molecule has 9 heteroatoms. The first kappa shape index (κ1) is 18.2. The molecule has 0 radical (unpaired) electrons. The molecule has 0 aromatic heterocycles. The van der Waals surface area contributed by atoms with Gasteiger partial charge < -0.3 is 20.5 Å². The molecule has 0 spiro atoms. The number of aliphatic carboxylic acids is 1. The molecule has 0 aliphatic carbocycles. The van der Waals surface area contributed by atoms with Crippen molar-refractivity contribution in [2.24, 2.45) is 0 Å². The van der Waals surface area contributed by atoms with Gasteiger partial charge in [0, 0.05) is 12.6 Å². The number of amides is 1. The Labute approximate surface area is 132 Å². The number of carboxylic acid groups (broad SMARTS) is 1. The van der Waals surface area contributed by atoms with Crippen LogP contribution >= 0.6 is 0 Å². The van der Waals surface area contributed by atoms with E-state index >= 15 is 0 Å². The van der Waals surface area contributed by atoms with Gasteiger partial charge in [-0.15, -0.1) is 0 Å². The Kier molecular flexibility index (Phi) is 5.88. The van der Waals surface area contributed by atoms with E-state index in [1.54, 1.807) is 26.8 Å². The molecule has 0 heterocycles. The number of nitrogens with one attached hydrogen (secondary N) is 2. The fourth-order valence-corrected chi connectivity index (χ4v) is 1.64. The molecule has 1 aromatic carbocycles. The Balaban J connectivity index is 2.73. The van der Waals surface area contributed by atoms with Gasteiger partial charge in [-0.1, -0.05) is 12.1 Å². The number of hydrogen-bond acceptors (Lipinski definition) is 6. The number of nitrogens with zero attached hydrogens (tertiary/aromatic N) is 1. The van der Waals surface area contributed by atoms with Crippen LogP contribution in [0.3, 0.4) is 0 Å². The van der Waals surface area contributed by atoms with E-state index in [0.29, 0.717) is 0 Å². The highest BCUT2D eigenvalue weighted by atomic mass is 16.6. The highest BCUT2D eigenvalue weighted by molar-refractivity contribution is 5.81. The Hall–Kier alpha value is -2.84. The third-order valence-electron chi connectivity index (χ3n) is 2.59. The van der Waals surface area contributed by atoms with E-state index in [1.807, 2.05) is 0 Å². The van der Waals surface area contributed by atoms with Crippen LogP contribution in [0.15, 0.2) is 24.3 Å². The Morgan fingerprint density at radius 1 is 1.35 bits per heavy atom. The smallest absolute Gasteiger partial charge is 0.408 e. The molecule has 3 N–H and O–H groups in total. The molecule has 0 bridgehead atoms. The second-order valence-corrected chi connectivity index (χ2v) is 5.69. The van der Waals surface area contributed by atoms with Gasteiger partial charge >= 0.3 is 12.1 Å². The number of alkyl carbamates (subject to hydrolysis) is 1. The molecular weight excluding hydrogens is 306 g/mol. The molecule has 0 unspecified atom stereocenters. The minimum Gasteiger partial charge on any atom is -0.480 e. The maximum Gasteiger partial charge on any atom is 0.408 e. The Morgan fingerprint density at radius 3 is 2.48 bits per heavy atom. The van der Waals surface area contributed by atoms with Crippen molar-refractivity contribution in [1.29, 1.82) is 0 Å². The number of carbonyl (C=O) groups is 2. The van der Waals surface area contributed by atoms with Crippen LogP contribution in [-0.4, -0.2) is 40.3 Å². The number of carbonyl (C=O) groups excluding carboxylic acids is 1. The molecule has 9 nitrogen and oxygen atoms in total. The van der Waals surface area contributed by atoms with Gasteiger partial charge in [-0.2, -0.15) is 0 Å². The van der Waals surface area contributed by atoms with Gasteiger partial charge in [0.25, 0.3) is 5.69 Å². The van der Waals surface area contributed by atoms with Gasteiger partial charge in [-0.05, 0) is 26.8 Å². The number of anilines is 1. The van der Waals surface area contributed by atoms with Crippen molar-refractivity contribution in [1.82, 2.24) is 5.32 Å². The van der Waals surface area contributed by atoms with Crippen molar-refractivity contribution in [2.75, 3.05) is 11.9 Å². The average molecular weight is 325 g/mol. The van der Waals surface area contributed by atoms with Crippen LogP contribution < -0.4 is 10.6 Å². The van der Waals surface area contributed by atoms with Crippen LogP contribution in [0.2, 0.25) is 0 Å². The molecule has 0 aliphatic rings. The summed E-state index contributed by atoms with van der Waals surface area (Å²) in [7, 11) is 0. The predicted molar refractivity (Wildman–Crippen MR) is 82.4 cm³/mol. The third kappa shape index (κ3) is 6.20. The van der Waals surface area contributed by atoms with Gasteiger partial charge in [0.1, 0.15) is 17.3 Å². The predicted octanol–water partition coefficient (Wildman–Crippen LogP) is 1.98. The molecule has 0 saturated heterocycles. The van der Waals surface area contributed by atoms with Crippen LogP contribution in [-0.2, 0) is 9.53 Å². The number of para-hydroxylation sites is 2. The van der Waals surface area contributed by atoms with E-state index in [0.717, 1.165) is 0 Å². The summed E-state index contributed by atoms with van der Waals surface area (Å²) in [6, 6.07) is 4.51. The van der Waals surface area contributed by atoms with Crippen molar-refractivity contribution >= 4 is 23.4 Å². The lowest BCUT2D eigenvalue weighted by Crippen LogP contribution is -2.47. The second kappa shape index (κ2) is 7.43. The van der Waals surface area contributed by atoms with E-state index in [1.165, 1.54) is 18.2 Å². The molecule has 126 valence electrons. The summed E-state index contributed by atoms with van der Waals surface area (Å²) in [4.78, 5) is 33.1. The van der Waals surface area contributed by atoms with Crippen molar-refractivity contribution in [3.8, 4) is 0 Å². The summed E-state index contributed by atoms with van der Waals surface area (Å²) in [6.07, 6.45) is -0.880. The van der Waals surface area contributed by atoms with Crippen LogP contribution in [0.5, 0.6) is 0 Å². The number of nitro groups is 1. The highest BCUT2D eigenvalue weighted by Crippen LogP contribution is 2.22. The average Bonchev–Trinajstić information content (AvgIpc) is 2.41. The lowest BCUT2D eigenvalue weighted by atomic mass is 10.2. The molecule has 0 saturated carbocycles. The second-order valence-electron chi connectivity index (χ2n) is 5.69. The van der Waals surface area contributed by atoms with Crippen molar-refractivity contribution in [2.45, 2.75) is 32.4 Å². The van der Waals surface area contributed by atoms with Crippen molar-refractivity contribution in [3.05, 3.63) is 34.4 Å². The van der Waals surface area contributed by atoms with E-state index in [2.05, 4.69) is 10.6 Å². The number of nitro benzene ring substituents is 1. The molecule has 0 aliphatic heterocycles. The molecule has 0 fully saturated rings. The van der Waals surface area contributed by atoms with Gasteiger partial charge in [0.15, 0.2) is 0 Å². The van der Waals surface area contributed by atoms with E-state index in [-0.39, 0.29) is 17.9 Å². The fraction of sp³-hybridized carbons (Fsp3) is 0.429. The molecule has 1 atom stereocenters. The molecule has 1 amide bonds. The van der Waals surface area contributed by atoms with Gasteiger partial charge in [-0.3, -0.25) is 10.1 Å². The number of benzene rings is 1. The maximum atomic E-state index is 11.6. The molecular formula is C14H19N3O6. The topological polar surface area (TPSA) is 131 Å². The summed E-state index contributed by atoms with van der Waals surface area (Å²) < 4.78 is 4.98. The first-order valence-corrected chi connectivity index (χ1v) is 6.80. The largest absolute Gasteiger partial charge is 0.480 e. The number of hydrogen-bond donors (Lipinski definition) is 3. The van der Waals surface area contributed by atoms with Crippen LogP contribution in [0.25, 0.3) is 0 Å². The lowest BCUT2D eigenvalue weighted by molar-refractivity contribution is -0.384. The maximum absolute atomic E-state index is 11.6. The van der Waals surface area contributed by atoms with Crippen molar-refractivity contribution in [3.63, 3.8) is 0 Å². The molecule has 1 rings (SSSR count). The normalized spacial score (nSPS) is 12.1. The minimum atomic E-state index is -1.30. The van der Waals surface area contributed by atoms with Gasteiger partial charge in [-0.25, -0.2) is 9.59 Å².